The van der Waals surface area contributed by atoms with Crippen molar-refractivity contribution in [1.82, 2.24) is 0 Å². The van der Waals surface area contributed by atoms with Crippen LogP contribution in [0.25, 0.3) is 0 Å². The summed E-state index contributed by atoms with van der Waals surface area (Å²) in [6.07, 6.45) is 4.28. The fraction of sp³-hybridized carbons (Fsp3) is 0.630. The van der Waals surface area contributed by atoms with Gasteiger partial charge in [0.05, 0.1) is 20.3 Å². The smallest absolute Gasteiger partial charge is 0.321 e. The van der Waals surface area contributed by atoms with E-state index in [-0.39, 0.29) is 22.7 Å². The highest BCUT2D eigenvalue weighted by atomic mass is 28.4. The summed E-state index contributed by atoms with van der Waals surface area (Å²) in [6, 6.07) is 7.70. The number of rotatable bonds is 11. The van der Waals surface area contributed by atoms with Crippen LogP contribution in [0.1, 0.15) is 52.0 Å². The van der Waals surface area contributed by atoms with Crippen molar-refractivity contribution in [3.8, 4) is 5.75 Å². The minimum absolute atomic E-state index is 0.0132. The van der Waals surface area contributed by atoms with E-state index in [1.54, 1.807) is 7.11 Å². The normalized spacial score (nSPS) is 24.8. The molecule has 2 unspecified atom stereocenters. The average molecular weight is 489 g/mol. The fourth-order valence-corrected chi connectivity index (χ4v) is 5.87. The molecule has 2 aliphatic carbocycles. The Morgan fingerprint density at radius 1 is 1.21 bits per heavy atom. The molecule has 3 atom stereocenters. The highest BCUT2D eigenvalue weighted by Crippen LogP contribution is 2.52. The quantitative estimate of drug-likeness (QED) is 0.188. The Labute approximate surface area is 204 Å². The van der Waals surface area contributed by atoms with Crippen molar-refractivity contribution in [2.45, 2.75) is 71.2 Å². The second kappa shape index (κ2) is 10.3. The Balaban J connectivity index is 1.60. The number of allylic oxidation sites excluding steroid dienone is 1. The number of methoxy groups -OCH3 is 1. The molecule has 1 saturated carbocycles. The van der Waals surface area contributed by atoms with Crippen molar-refractivity contribution < 1.29 is 28.6 Å². The third-order valence-corrected chi connectivity index (χ3v) is 12.6. The van der Waals surface area contributed by atoms with Gasteiger partial charge in [-0.25, -0.2) is 0 Å². The molecule has 2 aliphatic rings. The van der Waals surface area contributed by atoms with E-state index in [4.69, 9.17) is 13.9 Å². The van der Waals surface area contributed by atoms with Crippen LogP contribution in [0.4, 0.5) is 0 Å². The monoisotopic (exact) mass is 488 g/mol. The number of carbonyl (C=O) groups is 2. The maximum Gasteiger partial charge on any atom is 0.321 e. The van der Waals surface area contributed by atoms with Gasteiger partial charge in [-0.15, -0.1) is 0 Å². The number of ketones is 1. The van der Waals surface area contributed by atoms with Gasteiger partial charge in [-0.05, 0) is 73.0 Å². The van der Waals surface area contributed by atoms with Gasteiger partial charge in [0.25, 0.3) is 0 Å². The number of carboxylic acids is 1. The second-order valence-electron chi connectivity index (χ2n) is 11.2. The SMILES string of the molecule is COc1ccc(COCC2CCC3(C(=O)O)C(=O)[C@@H]2C=C3CCCO[Si](C)(C)C(C)(C)C)cc1. The van der Waals surface area contributed by atoms with Gasteiger partial charge in [0.15, 0.2) is 14.1 Å². The molecule has 7 heteroatoms. The van der Waals surface area contributed by atoms with Gasteiger partial charge >= 0.3 is 5.97 Å². The highest BCUT2D eigenvalue weighted by molar-refractivity contribution is 6.74. The molecule has 0 amide bonds. The lowest BCUT2D eigenvalue weighted by Crippen LogP contribution is -2.46. The highest BCUT2D eigenvalue weighted by Gasteiger charge is 2.59. The van der Waals surface area contributed by atoms with Gasteiger partial charge < -0.3 is 19.0 Å². The summed E-state index contributed by atoms with van der Waals surface area (Å²) < 4.78 is 17.4. The molecule has 34 heavy (non-hydrogen) atoms. The predicted octanol–water partition coefficient (Wildman–Crippen LogP) is 5.62. The first-order chi connectivity index (χ1) is 15.9. The molecule has 188 valence electrons. The lowest BCUT2D eigenvalue weighted by molar-refractivity contribution is -0.156. The Kier molecular flexibility index (Phi) is 8.10. The van der Waals surface area contributed by atoms with Crippen molar-refractivity contribution in [3.63, 3.8) is 0 Å². The van der Waals surface area contributed by atoms with Crippen LogP contribution in [0, 0.1) is 17.3 Å². The first-order valence-electron chi connectivity index (χ1n) is 12.3. The summed E-state index contributed by atoms with van der Waals surface area (Å²) in [5, 5.41) is 10.2. The van der Waals surface area contributed by atoms with Crippen molar-refractivity contribution in [3.05, 3.63) is 41.5 Å². The molecule has 0 radical (unpaired) electrons. The summed E-state index contributed by atoms with van der Waals surface area (Å²) >= 11 is 0. The lowest BCUT2D eigenvalue weighted by Gasteiger charge is -2.36. The van der Waals surface area contributed by atoms with Gasteiger partial charge in [0.1, 0.15) is 11.2 Å². The van der Waals surface area contributed by atoms with Gasteiger partial charge in [-0.3, -0.25) is 9.59 Å². The van der Waals surface area contributed by atoms with Crippen LogP contribution in [0.15, 0.2) is 35.9 Å². The van der Waals surface area contributed by atoms with Gasteiger partial charge in [0, 0.05) is 12.5 Å². The Bertz CT molecular complexity index is 914. The van der Waals surface area contributed by atoms with E-state index in [9.17, 15) is 14.7 Å². The molecule has 0 aromatic heterocycles. The molecule has 2 bridgehead atoms. The minimum Gasteiger partial charge on any atom is -0.497 e. The summed E-state index contributed by atoms with van der Waals surface area (Å²) in [5.41, 5.74) is 0.451. The third-order valence-electron chi connectivity index (χ3n) is 8.03. The Hall–Kier alpha value is -1.96. The molecule has 0 aliphatic heterocycles. The second-order valence-corrected chi connectivity index (χ2v) is 16.0. The van der Waals surface area contributed by atoms with Crippen LogP contribution < -0.4 is 4.74 Å². The molecule has 0 heterocycles. The maximum atomic E-state index is 13.3. The number of hydrogen-bond acceptors (Lipinski definition) is 5. The summed E-state index contributed by atoms with van der Waals surface area (Å²) in [7, 11) is -0.215. The number of hydrogen-bond donors (Lipinski definition) is 1. The number of benzene rings is 1. The van der Waals surface area contributed by atoms with Crippen LogP contribution in [0.5, 0.6) is 5.75 Å². The number of carboxylic acid groups (broad SMARTS) is 1. The molecule has 1 aromatic rings. The largest absolute Gasteiger partial charge is 0.497 e. The standard InChI is InChI=1S/C27H40O6Si/c1-26(2,3)34(5,6)33-15-7-8-21-16-23-20(13-14-27(21,24(23)28)25(29)30)18-32-17-19-9-11-22(31-4)12-10-19/h9-12,16,20,23H,7-8,13-15,17-18H2,1-6H3,(H,29,30)/t20?,23-,27?/m1/s1. The Morgan fingerprint density at radius 2 is 1.88 bits per heavy atom. The van der Waals surface area contributed by atoms with Crippen molar-refractivity contribution in [2.75, 3.05) is 20.3 Å². The van der Waals surface area contributed by atoms with Gasteiger partial charge in [0.2, 0.25) is 0 Å². The van der Waals surface area contributed by atoms with Crippen molar-refractivity contribution in [1.29, 1.82) is 0 Å². The maximum absolute atomic E-state index is 13.3. The van der Waals surface area contributed by atoms with E-state index in [0.717, 1.165) is 23.3 Å². The van der Waals surface area contributed by atoms with E-state index in [1.807, 2.05) is 30.3 Å². The number of fused-ring (bicyclic) bond motifs is 2. The molecule has 3 rings (SSSR count). The molecule has 1 fully saturated rings. The van der Waals surface area contributed by atoms with Crippen LogP contribution in [-0.4, -0.2) is 45.5 Å². The molecular formula is C27H40O6Si. The average Bonchev–Trinajstić information content (AvgIpc) is 2.94. The van der Waals surface area contributed by atoms with E-state index in [1.165, 1.54) is 0 Å². The van der Waals surface area contributed by atoms with Crippen LogP contribution in [0.2, 0.25) is 18.1 Å². The Morgan fingerprint density at radius 3 is 2.47 bits per heavy atom. The lowest BCUT2D eigenvalue weighted by atomic mass is 9.66. The van der Waals surface area contributed by atoms with Crippen molar-refractivity contribution in [2.24, 2.45) is 17.3 Å². The zero-order valence-corrected chi connectivity index (χ0v) is 22.5. The van der Waals surface area contributed by atoms with Crippen molar-refractivity contribution >= 4 is 20.1 Å². The van der Waals surface area contributed by atoms with E-state index in [0.29, 0.717) is 39.1 Å². The molecule has 0 saturated heterocycles. The molecule has 1 aromatic carbocycles. The van der Waals surface area contributed by atoms with E-state index in [2.05, 4.69) is 33.9 Å². The topological polar surface area (TPSA) is 82.1 Å². The summed E-state index contributed by atoms with van der Waals surface area (Å²) in [5.74, 6) is -0.736. The zero-order chi connectivity index (χ0) is 25.1. The number of Topliss-reactive ketones (excluding diaryl/α,β-unsaturated/α-hetero) is 1. The first-order valence-corrected chi connectivity index (χ1v) is 15.2. The van der Waals surface area contributed by atoms with E-state index < -0.39 is 19.7 Å². The first kappa shape index (κ1) is 26.6. The number of ether oxygens (including phenoxy) is 2. The summed E-state index contributed by atoms with van der Waals surface area (Å²) in [4.78, 5) is 25.6. The molecule has 1 N–H and O–H groups in total. The van der Waals surface area contributed by atoms with Crippen LogP contribution in [0.3, 0.4) is 0 Å². The molecular weight excluding hydrogens is 448 g/mol. The molecule has 0 spiro atoms. The minimum atomic E-state index is -1.85. The van der Waals surface area contributed by atoms with Gasteiger partial charge in [-0.1, -0.05) is 39.0 Å². The van der Waals surface area contributed by atoms with Crippen LogP contribution >= 0.6 is 0 Å². The number of carbonyl (C=O) groups excluding carboxylic acids is 1. The fourth-order valence-electron chi connectivity index (χ4n) is 4.78. The van der Waals surface area contributed by atoms with Gasteiger partial charge in [-0.2, -0.15) is 0 Å². The zero-order valence-electron chi connectivity index (χ0n) is 21.5. The third kappa shape index (κ3) is 5.31. The number of aliphatic carboxylic acids is 1. The molecule has 6 nitrogen and oxygen atoms in total. The van der Waals surface area contributed by atoms with Crippen LogP contribution in [-0.2, 0) is 25.4 Å². The predicted molar refractivity (Wildman–Crippen MR) is 134 cm³/mol. The van der Waals surface area contributed by atoms with E-state index >= 15 is 0 Å². The summed E-state index contributed by atoms with van der Waals surface area (Å²) in [6.45, 7) is 12.5.